The molecule has 0 radical (unpaired) electrons. The Morgan fingerprint density at radius 2 is 2.21 bits per heavy atom. The van der Waals surface area contributed by atoms with Gasteiger partial charge in [-0.1, -0.05) is 31.4 Å². The number of aliphatic hydroxyl groups excluding tert-OH is 1. The van der Waals surface area contributed by atoms with Crippen molar-refractivity contribution in [1.82, 2.24) is 4.98 Å². The van der Waals surface area contributed by atoms with E-state index in [2.05, 4.69) is 11.9 Å². The maximum atomic E-state index is 9.87. The van der Waals surface area contributed by atoms with Crippen LogP contribution in [0.2, 0.25) is 5.02 Å². The fourth-order valence-corrected chi connectivity index (χ4v) is 3.57. The molecule has 0 aliphatic heterocycles. The van der Waals surface area contributed by atoms with Crippen LogP contribution in [0.25, 0.3) is 10.2 Å². The molecule has 1 aromatic heterocycles. The predicted molar refractivity (Wildman–Crippen MR) is 83.0 cm³/mol. The van der Waals surface area contributed by atoms with Crippen LogP contribution in [0.4, 0.5) is 0 Å². The van der Waals surface area contributed by atoms with Gasteiger partial charge in [-0.3, -0.25) is 0 Å². The Kier molecular flexibility index (Phi) is 5.20. The molecule has 0 amide bonds. The summed E-state index contributed by atoms with van der Waals surface area (Å²) in [5.41, 5.74) is 1.00. The summed E-state index contributed by atoms with van der Waals surface area (Å²) in [7, 11) is 0. The van der Waals surface area contributed by atoms with Gasteiger partial charge in [0.25, 0.3) is 0 Å². The van der Waals surface area contributed by atoms with Gasteiger partial charge in [0.2, 0.25) is 0 Å². The minimum atomic E-state index is -0.276. The van der Waals surface area contributed by atoms with Crippen LogP contribution in [0, 0.1) is 5.92 Å². The van der Waals surface area contributed by atoms with Crippen LogP contribution in [-0.4, -0.2) is 16.2 Å². The van der Waals surface area contributed by atoms with E-state index in [-0.39, 0.29) is 6.10 Å². The molecule has 0 fully saturated rings. The van der Waals surface area contributed by atoms with Crippen LogP contribution in [0.15, 0.2) is 18.2 Å². The quantitative estimate of drug-likeness (QED) is 0.840. The lowest BCUT2D eigenvalue weighted by atomic mass is 9.94. The van der Waals surface area contributed by atoms with Gasteiger partial charge in [0.15, 0.2) is 0 Å². The molecule has 104 valence electrons. The third-order valence-electron chi connectivity index (χ3n) is 3.44. The van der Waals surface area contributed by atoms with Gasteiger partial charge in [0.05, 0.1) is 21.3 Å². The summed E-state index contributed by atoms with van der Waals surface area (Å²) in [4.78, 5) is 4.63. The van der Waals surface area contributed by atoms with Crippen LogP contribution in [0.3, 0.4) is 0 Å². The summed E-state index contributed by atoms with van der Waals surface area (Å²) in [6.45, 7) is 4.06. The van der Waals surface area contributed by atoms with E-state index in [1.54, 1.807) is 11.3 Å². The second-order valence-electron chi connectivity index (χ2n) is 5.07. The third-order valence-corrected chi connectivity index (χ3v) is 4.72. The second-order valence-corrected chi connectivity index (χ2v) is 6.62. The molecule has 4 heteroatoms. The summed E-state index contributed by atoms with van der Waals surface area (Å²) < 4.78 is 1.13. The van der Waals surface area contributed by atoms with Gasteiger partial charge in [0.1, 0.15) is 0 Å². The van der Waals surface area contributed by atoms with Crippen LogP contribution in [0.5, 0.6) is 0 Å². The molecule has 2 unspecified atom stereocenters. The van der Waals surface area contributed by atoms with Gasteiger partial charge in [-0.15, -0.1) is 11.3 Å². The zero-order valence-electron chi connectivity index (χ0n) is 11.4. The van der Waals surface area contributed by atoms with Gasteiger partial charge in [-0.25, -0.2) is 4.98 Å². The van der Waals surface area contributed by atoms with Crippen LogP contribution >= 0.6 is 22.9 Å². The number of aromatic nitrogens is 1. The van der Waals surface area contributed by atoms with Crippen molar-refractivity contribution in [1.29, 1.82) is 0 Å². The third kappa shape index (κ3) is 3.91. The Balaban J connectivity index is 2.14. The van der Waals surface area contributed by atoms with Crippen molar-refractivity contribution in [3.63, 3.8) is 0 Å². The van der Waals surface area contributed by atoms with E-state index in [0.717, 1.165) is 39.5 Å². The normalized spacial score (nSPS) is 14.7. The lowest BCUT2D eigenvalue weighted by molar-refractivity contribution is 0.118. The lowest BCUT2D eigenvalue weighted by Crippen LogP contribution is -2.19. The van der Waals surface area contributed by atoms with E-state index in [1.165, 1.54) is 6.42 Å². The summed E-state index contributed by atoms with van der Waals surface area (Å²) in [6.07, 6.45) is 3.96. The molecule has 2 rings (SSSR count). The molecular weight excluding hydrogens is 278 g/mol. The summed E-state index contributed by atoms with van der Waals surface area (Å²) in [5, 5.41) is 11.7. The zero-order valence-corrected chi connectivity index (χ0v) is 13.0. The number of hydrogen-bond acceptors (Lipinski definition) is 3. The number of aliphatic hydroxyl groups is 1. The molecule has 0 aliphatic carbocycles. The van der Waals surface area contributed by atoms with Crippen molar-refractivity contribution in [3.05, 3.63) is 28.2 Å². The number of nitrogens with zero attached hydrogens (tertiary/aromatic N) is 1. The SMILES string of the molecule is CCCCC(Cc1nc2ccc(Cl)cc2s1)C(C)O. The Morgan fingerprint density at radius 1 is 1.42 bits per heavy atom. The molecule has 0 saturated heterocycles. The fraction of sp³-hybridized carbons (Fsp3) is 0.533. The molecule has 19 heavy (non-hydrogen) atoms. The van der Waals surface area contributed by atoms with E-state index < -0.39 is 0 Å². The number of unbranched alkanes of at least 4 members (excludes halogenated alkanes) is 1. The average Bonchev–Trinajstić information content (AvgIpc) is 2.75. The first kappa shape index (κ1) is 14.8. The number of halogens is 1. The first-order chi connectivity index (χ1) is 9.10. The molecule has 0 spiro atoms. The highest BCUT2D eigenvalue weighted by Gasteiger charge is 2.17. The van der Waals surface area contributed by atoms with Gasteiger partial charge in [-0.2, -0.15) is 0 Å². The molecule has 1 N–H and O–H groups in total. The summed E-state index contributed by atoms with van der Waals surface area (Å²) in [5.74, 6) is 0.302. The smallest absolute Gasteiger partial charge is 0.0942 e. The standard InChI is InChI=1S/C15H20ClNOS/c1-3-4-5-11(10(2)18)8-15-17-13-7-6-12(16)9-14(13)19-15/h6-7,9-11,18H,3-5,8H2,1-2H3. The molecule has 2 aromatic rings. The second kappa shape index (κ2) is 6.69. The number of hydrogen-bond donors (Lipinski definition) is 1. The first-order valence-corrected chi connectivity index (χ1v) is 8.02. The number of thiazole rings is 1. The van der Waals surface area contributed by atoms with E-state index >= 15 is 0 Å². The largest absolute Gasteiger partial charge is 0.393 e. The van der Waals surface area contributed by atoms with Crippen LogP contribution < -0.4 is 0 Å². The minimum Gasteiger partial charge on any atom is -0.393 e. The van der Waals surface area contributed by atoms with Crippen molar-refractivity contribution in [2.24, 2.45) is 5.92 Å². The summed E-state index contributed by atoms with van der Waals surface area (Å²) in [6, 6.07) is 5.79. The zero-order chi connectivity index (χ0) is 13.8. The lowest BCUT2D eigenvalue weighted by Gasteiger charge is -2.18. The average molecular weight is 298 g/mol. The van der Waals surface area contributed by atoms with Crippen molar-refractivity contribution in [2.75, 3.05) is 0 Å². The van der Waals surface area contributed by atoms with E-state index in [0.29, 0.717) is 5.92 Å². The fourth-order valence-electron chi connectivity index (χ4n) is 2.24. The molecule has 0 aliphatic rings. The number of rotatable bonds is 6. The van der Waals surface area contributed by atoms with Crippen molar-refractivity contribution < 1.29 is 5.11 Å². The highest BCUT2D eigenvalue weighted by molar-refractivity contribution is 7.18. The Bertz CT molecular complexity index is 538. The van der Waals surface area contributed by atoms with Gasteiger partial charge in [0, 0.05) is 11.4 Å². The van der Waals surface area contributed by atoms with Gasteiger partial charge < -0.3 is 5.11 Å². The van der Waals surface area contributed by atoms with E-state index in [1.807, 2.05) is 25.1 Å². The van der Waals surface area contributed by atoms with Crippen molar-refractivity contribution in [3.8, 4) is 0 Å². The van der Waals surface area contributed by atoms with E-state index in [4.69, 9.17) is 11.6 Å². The first-order valence-electron chi connectivity index (χ1n) is 6.83. The van der Waals surface area contributed by atoms with Gasteiger partial charge in [-0.05, 0) is 37.5 Å². The molecule has 2 nitrogen and oxygen atoms in total. The molecule has 2 atom stereocenters. The highest BCUT2D eigenvalue weighted by atomic mass is 35.5. The maximum absolute atomic E-state index is 9.87. The summed E-state index contributed by atoms with van der Waals surface area (Å²) >= 11 is 7.68. The van der Waals surface area contributed by atoms with Crippen molar-refractivity contribution in [2.45, 2.75) is 45.6 Å². The van der Waals surface area contributed by atoms with Gasteiger partial charge >= 0.3 is 0 Å². The Hall–Kier alpha value is -0.640. The molecule has 0 saturated carbocycles. The minimum absolute atomic E-state index is 0.276. The maximum Gasteiger partial charge on any atom is 0.0942 e. The molecule has 0 bridgehead atoms. The molecule has 1 aromatic carbocycles. The van der Waals surface area contributed by atoms with Crippen LogP contribution in [-0.2, 0) is 6.42 Å². The molecular formula is C15H20ClNOS. The number of fused-ring (bicyclic) bond motifs is 1. The predicted octanol–water partition coefficient (Wildman–Crippen LogP) is 4.68. The number of benzene rings is 1. The van der Waals surface area contributed by atoms with E-state index in [9.17, 15) is 5.11 Å². The monoisotopic (exact) mass is 297 g/mol. The topological polar surface area (TPSA) is 33.1 Å². The Labute approximate surface area is 123 Å². The van der Waals surface area contributed by atoms with Crippen LogP contribution in [0.1, 0.15) is 38.1 Å². The highest BCUT2D eigenvalue weighted by Crippen LogP contribution is 2.28. The van der Waals surface area contributed by atoms with Crippen molar-refractivity contribution >= 4 is 33.2 Å². The molecule has 1 heterocycles. The Morgan fingerprint density at radius 3 is 2.89 bits per heavy atom.